The smallest absolute Gasteiger partial charge is 0.188 e. The molecule has 0 aliphatic heterocycles. The van der Waals surface area contributed by atoms with Gasteiger partial charge in [-0.25, -0.2) is 0 Å². The second-order valence-corrected chi connectivity index (χ2v) is 3.13. The summed E-state index contributed by atoms with van der Waals surface area (Å²) in [5, 5.41) is 3.01. The van der Waals surface area contributed by atoms with Gasteiger partial charge in [0.25, 0.3) is 0 Å². The number of ether oxygens (including phenoxy) is 1. The Bertz CT molecular complexity index is 325. The van der Waals surface area contributed by atoms with Crippen molar-refractivity contribution in [2.45, 2.75) is 6.42 Å². The van der Waals surface area contributed by atoms with Crippen molar-refractivity contribution in [3.63, 3.8) is 0 Å². The standard InChI is InChI=1S/C11H17N3O.HI/c1-13-11(12)14-8-7-9-3-5-10(15-2)6-4-9;/h3-6H,7-8H2,1-2H3,(H3,12,13,14);1H. The molecule has 5 heteroatoms. The van der Waals surface area contributed by atoms with Crippen molar-refractivity contribution in [3.8, 4) is 5.75 Å². The number of nitrogens with one attached hydrogen (secondary N) is 1. The summed E-state index contributed by atoms with van der Waals surface area (Å²) in [6.45, 7) is 0.787. The van der Waals surface area contributed by atoms with Gasteiger partial charge in [-0.1, -0.05) is 12.1 Å². The van der Waals surface area contributed by atoms with Gasteiger partial charge in [0.15, 0.2) is 5.96 Å². The molecule has 0 fully saturated rings. The third kappa shape index (κ3) is 5.20. The van der Waals surface area contributed by atoms with Crippen molar-refractivity contribution in [2.75, 3.05) is 20.7 Å². The van der Waals surface area contributed by atoms with Gasteiger partial charge in [0.1, 0.15) is 5.75 Å². The minimum absolute atomic E-state index is 0. The predicted molar refractivity (Wildman–Crippen MR) is 77.7 cm³/mol. The van der Waals surface area contributed by atoms with Gasteiger partial charge in [0, 0.05) is 13.6 Å². The summed E-state index contributed by atoms with van der Waals surface area (Å²) in [7, 11) is 3.32. The average molecular weight is 335 g/mol. The van der Waals surface area contributed by atoms with Crippen LogP contribution in [0.1, 0.15) is 5.56 Å². The monoisotopic (exact) mass is 335 g/mol. The number of nitrogens with two attached hydrogens (primary N) is 1. The summed E-state index contributed by atoms with van der Waals surface area (Å²) >= 11 is 0. The average Bonchev–Trinajstić information content (AvgIpc) is 2.29. The Morgan fingerprint density at radius 2 is 2.00 bits per heavy atom. The first-order chi connectivity index (χ1) is 7.26. The van der Waals surface area contributed by atoms with E-state index in [1.54, 1.807) is 14.2 Å². The molecular formula is C11H18IN3O. The molecular weight excluding hydrogens is 317 g/mol. The van der Waals surface area contributed by atoms with E-state index in [0.29, 0.717) is 5.96 Å². The van der Waals surface area contributed by atoms with Crippen LogP contribution in [-0.4, -0.2) is 26.7 Å². The van der Waals surface area contributed by atoms with Crippen LogP contribution in [-0.2, 0) is 6.42 Å². The van der Waals surface area contributed by atoms with Crippen LogP contribution in [0.25, 0.3) is 0 Å². The van der Waals surface area contributed by atoms with Crippen LogP contribution < -0.4 is 15.8 Å². The van der Waals surface area contributed by atoms with Gasteiger partial charge in [-0.2, -0.15) is 0 Å². The lowest BCUT2D eigenvalue weighted by Crippen LogP contribution is -2.32. The zero-order valence-corrected chi connectivity index (χ0v) is 11.9. The van der Waals surface area contributed by atoms with Crippen molar-refractivity contribution in [3.05, 3.63) is 29.8 Å². The summed E-state index contributed by atoms with van der Waals surface area (Å²) in [4.78, 5) is 3.81. The van der Waals surface area contributed by atoms with Crippen molar-refractivity contribution < 1.29 is 4.74 Å². The Hall–Kier alpha value is -0.980. The van der Waals surface area contributed by atoms with Crippen LogP contribution in [0.4, 0.5) is 0 Å². The minimum Gasteiger partial charge on any atom is -0.497 e. The van der Waals surface area contributed by atoms with E-state index in [4.69, 9.17) is 10.5 Å². The van der Waals surface area contributed by atoms with Crippen molar-refractivity contribution in [2.24, 2.45) is 10.7 Å². The molecule has 0 heterocycles. The molecule has 0 radical (unpaired) electrons. The van der Waals surface area contributed by atoms with Crippen molar-refractivity contribution >= 4 is 29.9 Å². The van der Waals surface area contributed by atoms with Crippen LogP contribution in [0.2, 0.25) is 0 Å². The SMILES string of the molecule is CN=C(N)NCCc1ccc(OC)cc1.I. The summed E-state index contributed by atoms with van der Waals surface area (Å²) < 4.78 is 5.07. The van der Waals surface area contributed by atoms with Gasteiger partial charge in [-0.15, -0.1) is 24.0 Å². The van der Waals surface area contributed by atoms with E-state index in [0.717, 1.165) is 18.7 Å². The van der Waals surface area contributed by atoms with E-state index in [9.17, 15) is 0 Å². The van der Waals surface area contributed by atoms with Gasteiger partial charge >= 0.3 is 0 Å². The molecule has 0 aliphatic carbocycles. The number of halogens is 1. The Labute approximate surface area is 113 Å². The number of methoxy groups -OCH3 is 1. The van der Waals surface area contributed by atoms with E-state index >= 15 is 0 Å². The van der Waals surface area contributed by atoms with Crippen LogP contribution in [0.5, 0.6) is 5.75 Å². The van der Waals surface area contributed by atoms with Gasteiger partial charge in [0.2, 0.25) is 0 Å². The number of hydrogen-bond donors (Lipinski definition) is 2. The number of aliphatic imine (C=N–C) groups is 1. The maximum Gasteiger partial charge on any atom is 0.188 e. The summed E-state index contributed by atoms with van der Waals surface area (Å²) in [6, 6.07) is 7.98. The number of hydrogen-bond acceptors (Lipinski definition) is 2. The number of nitrogens with zero attached hydrogens (tertiary/aromatic N) is 1. The first-order valence-corrected chi connectivity index (χ1v) is 4.85. The molecule has 0 spiro atoms. The first kappa shape index (κ1) is 15.0. The lowest BCUT2D eigenvalue weighted by molar-refractivity contribution is 0.414. The fourth-order valence-corrected chi connectivity index (χ4v) is 1.21. The minimum atomic E-state index is 0. The van der Waals surface area contributed by atoms with E-state index < -0.39 is 0 Å². The topological polar surface area (TPSA) is 59.6 Å². The normalized spacial score (nSPS) is 10.5. The maximum absolute atomic E-state index is 5.50. The molecule has 0 unspecified atom stereocenters. The molecule has 0 aliphatic rings. The number of benzene rings is 1. The van der Waals surface area contributed by atoms with Crippen molar-refractivity contribution in [1.29, 1.82) is 0 Å². The molecule has 0 saturated heterocycles. The Kier molecular flexibility index (Phi) is 7.70. The largest absolute Gasteiger partial charge is 0.497 e. The third-order valence-electron chi connectivity index (χ3n) is 2.12. The molecule has 90 valence electrons. The van der Waals surface area contributed by atoms with Crippen LogP contribution >= 0.6 is 24.0 Å². The van der Waals surface area contributed by atoms with Crippen LogP contribution in [0, 0.1) is 0 Å². The highest BCUT2D eigenvalue weighted by Crippen LogP contribution is 2.11. The van der Waals surface area contributed by atoms with Gasteiger partial charge in [0.05, 0.1) is 7.11 Å². The van der Waals surface area contributed by atoms with Crippen molar-refractivity contribution in [1.82, 2.24) is 5.32 Å². The van der Waals surface area contributed by atoms with Gasteiger partial charge < -0.3 is 15.8 Å². The Morgan fingerprint density at radius 3 is 2.50 bits per heavy atom. The zero-order chi connectivity index (χ0) is 11.1. The molecule has 0 bridgehead atoms. The molecule has 16 heavy (non-hydrogen) atoms. The van der Waals surface area contributed by atoms with Gasteiger partial charge in [-0.3, -0.25) is 4.99 Å². The fourth-order valence-electron chi connectivity index (χ4n) is 1.21. The second-order valence-electron chi connectivity index (χ2n) is 3.13. The van der Waals surface area contributed by atoms with E-state index in [1.807, 2.05) is 24.3 Å². The number of guanidine groups is 1. The summed E-state index contributed by atoms with van der Waals surface area (Å²) in [5.41, 5.74) is 6.74. The van der Waals surface area contributed by atoms with Crippen LogP contribution in [0.3, 0.4) is 0 Å². The third-order valence-corrected chi connectivity index (χ3v) is 2.12. The maximum atomic E-state index is 5.50. The highest BCUT2D eigenvalue weighted by Gasteiger charge is 1.95. The zero-order valence-electron chi connectivity index (χ0n) is 9.56. The molecule has 4 nitrogen and oxygen atoms in total. The quantitative estimate of drug-likeness (QED) is 0.497. The van der Waals surface area contributed by atoms with E-state index in [1.165, 1.54) is 5.56 Å². The Balaban J connectivity index is 0.00000225. The summed E-state index contributed by atoms with van der Waals surface area (Å²) in [5.74, 6) is 1.35. The Morgan fingerprint density at radius 1 is 1.38 bits per heavy atom. The van der Waals surface area contributed by atoms with E-state index in [2.05, 4.69) is 10.3 Å². The highest BCUT2D eigenvalue weighted by molar-refractivity contribution is 14.0. The molecule has 0 amide bonds. The molecule has 3 N–H and O–H groups in total. The lowest BCUT2D eigenvalue weighted by atomic mass is 10.1. The molecule has 1 aromatic rings. The molecule has 0 atom stereocenters. The molecule has 0 aromatic heterocycles. The summed E-state index contributed by atoms with van der Waals surface area (Å²) in [6.07, 6.45) is 0.917. The molecule has 1 rings (SSSR count). The fraction of sp³-hybridized carbons (Fsp3) is 0.364. The number of rotatable bonds is 4. The highest BCUT2D eigenvalue weighted by atomic mass is 127. The van der Waals surface area contributed by atoms with Crippen LogP contribution in [0.15, 0.2) is 29.3 Å². The first-order valence-electron chi connectivity index (χ1n) is 4.85. The predicted octanol–water partition coefficient (Wildman–Crippen LogP) is 1.39. The second kappa shape index (κ2) is 8.20. The van der Waals surface area contributed by atoms with E-state index in [-0.39, 0.29) is 24.0 Å². The van der Waals surface area contributed by atoms with Gasteiger partial charge in [-0.05, 0) is 24.1 Å². The molecule has 0 saturated carbocycles. The molecule has 1 aromatic carbocycles. The lowest BCUT2D eigenvalue weighted by Gasteiger charge is -2.05.